The number of hydrogen-bond donors (Lipinski definition) is 3. The number of ketones is 1. The molecule has 0 amide bonds. The SMILES string of the molecule is CC(C)[C@@H](C)/C=C/[C@@H](C)[C@H]1CC[C@H]2C3=CC(=O)C4CCC(O)C(O)(O)[C@]4(C)[C@H]3CC[C@]12C. The number of allylic oxidation sites excluding steroid dienone is 4. The average molecular weight is 445 g/mol. The summed E-state index contributed by atoms with van der Waals surface area (Å²) in [5.74, 6) is -0.123. The van der Waals surface area contributed by atoms with E-state index in [9.17, 15) is 20.1 Å². The molecule has 0 aromatic rings. The van der Waals surface area contributed by atoms with Crippen molar-refractivity contribution in [3.05, 3.63) is 23.8 Å². The van der Waals surface area contributed by atoms with Crippen molar-refractivity contribution in [1.82, 2.24) is 0 Å². The third-order valence-electron chi connectivity index (χ3n) is 10.7. The van der Waals surface area contributed by atoms with Gasteiger partial charge in [0.25, 0.3) is 0 Å². The highest BCUT2D eigenvalue weighted by molar-refractivity contribution is 5.94. The quantitative estimate of drug-likeness (QED) is 0.427. The fourth-order valence-electron chi connectivity index (χ4n) is 8.10. The predicted octanol–water partition coefficient (Wildman–Crippen LogP) is 4.88. The van der Waals surface area contributed by atoms with Crippen LogP contribution in [-0.4, -0.2) is 33.0 Å². The van der Waals surface area contributed by atoms with Crippen LogP contribution in [0.3, 0.4) is 0 Å². The number of carbonyl (C=O) groups excluding carboxylic acids is 1. The molecule has 0 aliphatic heterocycles. The van der Waals surface area contributed by atoms with Gasteiger partial charge in [0.15, 0.2) is 11.6 Å². The number of fused-ring (bicyclic) bond motifs is 5. The van der Waals surface area contributed by atoms with Gasteiger partial charge in [-0.25, -0.2) is 0 Å². The lowest BCUT2D eigenvalue weighted by atomic mass is 9.45. The van der Waals surface area contributed by atoms with Gasteiger partial charge in [0, 0.05) is 11.3 Å². The van der Waals surface area contributed by atoms with Crippen molar-refractivity contribution >= 4 is 5.78 Å². The average Bonchev–Trinajstić information content (AvgIpc) is 3.07. The van der Waals surface area contributed by atoms with Crippen LogP contribution in [0, 0.1) is 52.3 Å². The Balaban J connectivity index is 1.65. The van der Waals surface area contributed by atoms with Crippen molar-refractivity contribution in [2.75, 3.05) is 0 Å². The van der Waals surface area contributed by atoms with Gasteiger partial charge in [0.1, 0.15) is 6.10 Å². The number of rotatable bonds is 4. The molecule has 0 heterocycles. The molecule has 3 N–H and O–H groups in total. The molecule has 4 rings (SSSR count). The van der Waals surface area contributed by atoms with E-state index in [0.717, 1.165) is 31.3 Å². The summed E-state index contributed by atoms with van der Waals surface area (Å²) in [5, 5.41) is 32.6. The Morgan fingerprint density at radius 1 is 0.938 bits per heavy atom. The minimum absolute atomic E-state index is 0.0320. The molecule has 180 valence electrons. The zero-order chi connectivity index (χ0) is 23.6. The van der Waals surface area contributed by atoms with E-state index in [1.165, 1.54) is 0 Å². The molecule has 2 unspecified atom stereocenters. The largest absolute Gasteiger partial charge is 0.387 e. The number of aliphatic hydroxyl groups excluding tert-OH is 1. The molecule has 32 heavy (non-hydrogen) atoms. The Bertz CT molecular complexity index is 810. The second-order valence-electron chi connectivity index (χ2n) is 12.4. The molecular weight excluding hydrogens is 400 g/mol. The Morgan fingerprint density at radius 3 is 2.25 bits per heavy atom. The van der Waals surface area contributed by atoms with Crippen LogP contribution in [0.5, 0.6) is 0 Å². The Hall–Kier alpha value is -0.970. The second kappa shape index (κ2) is 8.06. The number of hydrogen-bond acceptors (Lipinski definition) is 4. The molecule has 0 spiro atoms. The molecule has 4 aliphatic rings. The molecule has 3 saturated carbocycles. The van der Waals surface area contributed by atoms with E-state index in [4.69, 9.17) is 0 Å². The van der Waals surface area contributed by atoms with Crippen LogP contribution in [0.15, 0.2) is 23.8 Å². The standard InChI is InChI=1S/C28H44O4/c1-16(2)17(3)7-8-18(4)20-9-10-21-19-15-24(29)23-11-12-25(30)28(31,32)27(23,6)22(19)13-14-26(20,21)5/h7-8,15-18,20-23,25,30-32H,9-14H2,1-6H3/b8-7+/t17-,18+,20+,21-,22-,23?,25?,26+,27+/m0/s1. The zero-order valence-corrected chi connectivity index (χ0v) is 20.8. The summed E-state index contributed by atoms with van der Waals surface area (Å²) in [5.41, 5.74) is 0.235. The fourth-order valence-corrected chi connectivity index (χ4v) is 8.10. The second-order valence-corrected chi connectivity index (χ2v) is 12.4. The topological polar surface area (TPSA) is 77.8 Å². The summed E-state index contributed by atoms with van der Waals surface area (Å²) in [6.45, 7) is 13.4. The summed E-state index contributed by atoms with van der Waals surface area (Å²) in [6.07, 6.45) is 10.4. The van der Waals surface area contributed by atoms with Crippen molar-refractivity contribution in [2.24, 2.45) is 52.3 Å². The molecule has 4 aliphatic carbocycles. The number of aliphatic hydroxyl groups is 3. The molecule has 0 bridgehead atoms. The lowest BCUT2D eigenvalue weighted by Crippen LogP contribution is -2.67. The van der Waals surface area contributed by atoms with Gasteiger partial charge in [-0.1, -0.05) is 59.3 Å². The Morgan fingerprint density at radius 2 is 1.59 bits per heavy atom. The maximum Gasteiger partial charge on any atom is 0.196 e. The lowest BCUT2D eigenvalue weighted by molar-refractivity contribution is -0.328. The van der Waals surface area contributed by atoms with Gasteiger partial charge in [-0.3, -0.25) is 4.79 Å². The summed E-state index contributed by atoms with van der Waals surface area (Å²) in [7, 11) is 0. The number of carbonyl (C=O) groups is 1. The van der Waals surface area contributed by atoms with E-state index in [1.807, 2.05) is 13.0 Å². The lowest BCUT2D eigenvalue weighted by Gasteiger charge is -2.61. The first-order valence-corrected chi connectivity index (χ1v) is 12.9. The van der Waals surface area contributed by atoms with Crippen LogP contribution < -0.4 is 0 Å². The summed E-state index contributed by atoms with van der Waals surface area (Å²) < 4.78 is 0. The molecule has 4 heteroatoms. The van der Waals surface area contributed by atoms with Gasteiger partial charge in [-0.2, -0.15) is 0 Å². The van der Waals surface area contributed by atoms with Crippen molar-refractivity contribution in [3.8, 4) is 0 Å². The highest BCUT2D eigenvalue weighted by Crippen LogP contribution is 2.67. The summed E-state index contributed by atoms with van der Waals surface area (Å²) in [6, 6.07) is 0. The molecule has 3 fully saturated rings. The Labute approximate surface area is 194 Å². The van der Waals surface area contributed by atoms with Gasteiger partial charge in [-0.15, -0.1) is 0 Å². The van der Waals surface area contributed by atoms with E-state index in [0.29, 0.717) is 36.0 Å². The van der Waals surface area contributed by atoms with Gasteiger partial charge >= 0.3 is 0 Å². The maximum absolute atomic E-state index is 13.2. The van der Waals surface area contributed by atoms with Crippen LogP contribution >= 0.6 is 0 Å². The molecule has 0 aromatic carbocycles. The maximum atomic E-state index is 13.2. The van der Waals surface area contributed by atoms with Crippen LogP contribution in [0.1, 0.15) is 80.1 Å². The third-order valence-corrected chi connectivity index (χ3v) is 10.7. The Kier molecular flexibility index (Phi) is 6.09. The zero-order valence-electron chi connectivity index (χ0n) is 20.8. The highest BCUT2D eigenvalue weighted by atomic mass is 16.5. The molecule has 0 saturated heterocycles. The minimum atomic E-state index is -2.23. The van der Waals surface area contributed by atoms with E-state index < -0.39 is 23.2 Å². The van der Waals surface area contributed by atoms with Crippen molar-refractivity contribution in [2.45, 2.75) is 92.0 Å². The van der Waals surface area contributed by atoms with Gasteiger partial charge in [-0.05, 0) is 85.5 Å². The van der Waals surface area contributed by atoms with Crippen LogP contribution in [0.4, 0.5) is 0 Å². The fraction of sp³-hybridized carbons (Fsp3) is 0.821. The van der Waals surface area contributed by atoms with Gasteiger partial charge < -0.3 is 15.3 Å². The minimum Gasteiger partial charge on any atom is -0.387 e. The molecular formula is C28H44O4. The first-order valence-electron chi connectivity index (χ1n) is 12.9. The van der Waals surface area contributed by atoms with E-state index >= 15 is 0 Å². The van der Waals surface area contributed by atoms with Crippen LogP contribution in [-0.2, 0) is 4.79 Å². The smallest absolute Gasteiger partial charge is 0.196 e. The van der Waals surface area contributed by atoms with E-state index in [1.54, 1.807) is 0 Å². The van der Waals surface area contributed by atoms with Crippen molar-refractivity contribution < 1.29 is 20.1 Å². The third kappa shape index (κ3) is 3.31. The van der Waals surface area contributed by atoms with Crippen molar-refractivity contribution in [1.29, 1.82) is 0 Å². The highest BCUT2D eigenvalue weighted by Gasteiger charge is 2.67. The molecule has 0 radical (unpaired) electrons. The molecule has 9 atom stereocenters. The summed E-state index contributed by atoms with van der Waals surface area (Å²) in [4.78, 5) is 13.2. The predicted molar refractivity (Wildman–Crippen MR) is 126 cm³/mol. The van der Waals surface area contributed by atoms with Crippen molar-refractivity contribution in [3.63, 3.8) is 0 Å². The van der Waals surface area contributed by atoms with E-state index in [-0.39, 0.29) is 23.5 Å². The first kappa shape index (κ1) is 24.2. The normalized spacial score (nSPS) is 45.2. The monoisotopic (exact) mass is 444 g/mol. The van der Waals surface area contributed by atoms with E-state index in [2.05, 4.69) is 46.8 Å². The molecule has 0 aromatic heterocycles. The van der Waals surface area contributed by atoms with Gasteiger partial charge in [0.05, 0.1) is 0 Å². The van der Waals surface area contributed by atoms with Crippen LogP contribution in [0.25, 0.3) is 0 Å². The first-order chi connectivity index (χ1) is 14.9. The molecule has 4 nitrogen and oxygen atoms in total. The van der Waals surface area contributed by atoms with Gasteiger partial charge in [0.2, 0.25) is 0 Å². The van der Waals surface area contributed by atoms with Crippen LogP contribution in [0.2, 0.25) is 0 Å². The summed E-state index contributed by atoms with van der Waals surface area (Å²) >= 11 is 0.